The smallest absolute Gasteiger partial charge is 0.244 e. The number of benzene rings is 2. The summed E-state index contributed by atoms with van der Waals surface area (Å²) in [5.74, 6) is -0.646. The second-order valence-electron chi connectivity index (χ2n) is 8.26. The van der Waals surface area contributed by atoms with E-state index in [-0.39, 0.29) is 12.5 Å². The molecule has 7 nitrogen and oxygen atoms in total. The molecule has 1 unspecified atom stereocenters. The maximum atomic E-state index is 13.5. The molecule has 2 rings (SSSR count). The van der Waals surface area contributed by atoms with Crippen LogP contribution in [0, 0.1) is 13.8 Å². The SMILES string of the molecule is CCNC(=O)C(CC)N(CCc1ccccc1)C(=O)CN(c1cc(C)cc(C)c1)S(C)(=O)=O. The highest BCUT2D eigenvalue weighted by molar-refractivity contribution is 7.92. The van der Waals surface area contributed by atoms with Crippen molar-refractivity contribution in [3.8, 4) is 0 Å². The minimum absolute atomic E-state index is 0.237. The molecule has 180 valence electrons. The predicted octanol–water partition coefficient (Wildman–Crippen LogP) is 3.06. The first-order valence-corrected chi connectivity index (χ1v) is 13.1. The number of hydrogen-bond donors (Lipinski definition) is 1. The monoisotopic (exact) mass is 473 g/mol. The second-order valence-corrected chi connectivity index (χ2v) is 10.2. The zero-order valence-electron chi connectivity index (χ0n) is 20.2. The van der Waals surface area contributed by atoms with Crippen LogP contribution in [0.3, 0.4) is 0 Å². The first-order valence-electron chi connectivity index (χ1n) is 11.2. The number of nitrogens with one attached hydrogen (secondary N) is 1. The second kappa shape index (κ2) is 11.8. The van der Waals surface area contributed by atoms with E-state index in [2.05, 4.69) is 5.32 Å². The fourth-order valence-corrected chi connectivity index (χ4v) is 4.73. The molecular weight excluding hydrogens is 438 g/mol. The highest BCUT2D eigenvalue weighted by Gasteiger charge is 2.31. The van der Waals surface area contributed by atoms with Gasteiger partial charge in [-0.2, -0.15) is 0 Å². The topological polar surface area (TPSA) is 86.8 Å². The van der Waals surface area contributed by atoms with Gasteiger partial charge >= 0.3 is 0 Å². The Morgan fingerprint density at radius 1 is 1.00 bits per heavy atom. The van der Waals surface area contributed by atoms with Gasteiger partial charge in [-0.15, -0.1) is 0 Å². The van der Waals surface area contributed by atoms with E-state index in [1.165, 1.54) is 4.90 Å². The average Bonchev–Trinajstić information content (AvgIpc) is 2.74. The molecule has 1 atom stereocenters. The summed E-state index contributed by atoms with van der Waals surface area (Å²) in [4.78, 5) is 27.8. The summed E-state index contributed by atoms with van der Waals surface area (Å²) in [6, 6.07) is 14.5. The minimum Gasteiger partial charge on any atom is -0.355 e. The Kier molecular flexibility index (Phi) is 9.46. The van der Waals surface area contributed by atoms with Crippen LogP contribution in [-0.4, -0.2) is 57.1 Å². The summed E-state index contributed by atoms with van der Waals surface area (Å²) in [6.07, 6.45) is 2.08. The molecule has 2 aromatic rings. The third kappa shape index (κ3) is 7.60. The molecule has 8 heteroatoms. The molecule has 0 aliphatic rings. The van der Waals surface area contributed by atoms with E-state index >= 15 is 0 Å². The number of nitrogens with zero attached hydrogens (tertiary/aromatic N) is 2. The molecular formula is C25H35N3O4S. The van der Waals surface area contributed by atoms with Gasteiger partial charge in [-0.1, -0.05) is 43.3 Å². The summed E-state index contributed by atoms with van der Waals surface area (Å²) in [5.41, 5.74) is 3.29. The van der Waals surface area contributed by atoms with Gasteiger partial charge in [-0.25, -0.2) is 8.42 Å². The van der Waals surface area contributed by atoms with Crippen LogP contribution in [0.1, 0.15) is 37.0 Å². The fraction of sp³-hybridized carbons (Fsp3) is 0.440. The van der Waals surface area contributed by atoms with E-state index in [4.69, 9.17) is 0 Å². The van der Waals surface area contributed by atoms with Gasteiger partial charge in [-0.3, -0.25) is 13.9 Å². The number of likely N-dealkylation sites (N-methyl/N-ethyl adjacent to an activating group) is 1. The van der Waals surface area contributed by atoms with E-state index in [1.54, 1.807) is 12.1 Å². The van der Waals surface area contributed by atoms with Crippen molar-refractivity contribution in [2.75, 3.05) is 30.2 Å². The summed E-state index contributed by atoms with van der Waals surface area (Å²) in [6.45, 7) is 7.83. The maximum absolute atomic E-state index is 13.5. The quantitative estimate of drug-likeness (QED) is 0.543. The van der Waals surface area contributed by atoms with E-state index in [0.29, 0.717) is 31.6 Å². The zero-order chi connectivity index (χ0) is 24.6. The summed E-state index contributed by atoms with van der Waals surface area (Å²) >= 11 is 0. The Bertz CT molecular complexity index is 1030. The first-order chi connectivity index (χ1) is 15.6. The van der Waals surface area contributed by atoms with Gasteiger partial charge in [0.05, 0.1) is 11.9 Å². The van der Waals surface area contributed by atoms with Gasteiger partial charge in [0.25, 0.3) is 0 Å². The Morgan fingerprint density at radius 2 is 1.61 bits per heavy atom. The van der Waals surface area contributed by atoms with Gasteiger partial charge in [0.1, 0.15) is 12.6 Å². The lowest BCUT2D eigenvalue weighted by molar-refractivity contribution is -0.139. The zero-order valence-corrected chi connectivity index (χ0v) is 21.0. The standard InChI is InChI=1S/C25H35N3O4S/c1-6-23(25(30)26-7-2)27(14-13-21-11-9-8-10-12-21)24(29)18-28(33(5,31)32)22-16-19(3)15-20(4)17-22/h8-12,15-17,23H,6-7,13-14,18H2,1-5H3,(H,26,30). The molecule has 0 aliphatic carbocycles. The van der Waals surface area contributed by atoms with Gasteiger partial charge in [0.15, 0.2) is 0 Å². The summed E-state index contributed by atoms with van der Waals surface area (Å²) in [5, 5.41) is 2.80. The van der Waals surface area contributed by atoms with Crippen LogP contribution in [-0.2, 0) is 26.0 Å². The fourth-order valence-electron chi connectivity index (χ4n) is 3.90. The third-order valence-corrected chi connectivity index (χ3v) is 6.54. The molecule has 2 amide bonds. The number of anilines is 1. The van der Waals surface area contributed by atoms with Crippen LogP contribution in [0.5, 0.6) is 0 Å². The Hall–Kier alpha value is -2.87. The van der Waals surface area contributed by atoms with Gasteiger partial charge in [0.2, 0.25) is 21.8 Å². The van der Waals surface area contributed by atoms with E-state index in [9.17, 15) is 18.0 Å². The molecule has 0 heterocycles. The molecule has 0 radical (unpaired) electrons. The van der Waals surface area contributed by atoms with Gasteiger partial charge in [-0.05, 0) is 62.4 Å². The maximum Gasteiger partial charge on any atom is 0.244 e. The van der Waals surface area contributed by atoms with Gasteiger partial charge in [0, 0.05) is 13.1 Å². The van der Waals surface area contributed by atoms with Crippen molar-refractivity contribution in [3.63, 3.8) is 0 Å². The number of amides is 2. The molecule has 2 aromatic carbocycles. The van der Waals surface area contributed by atoms with Crippen molar-refractivity contribution >= 4 is 27.5 Å². The Balaban J connectivity index is 2.38. The van der Waals surface area contributed by atoms with Crippen LogP contribution in [0.25, 0.3) is 0 Å². The average molecular weight is 474 g/mol. The first kappa shape index (κ1) is 26.4. The van der Waals surface area contributed by atoms with Crippen molar-refractivity contribution in [1.82, 2.24) is 10.2 Å². The summed E-state index contributed by atoms with van der Waals surface area (Å²) in [7, 11) is -3.72. The molecule has 0 bridgehead atoms. The minimum atomic E-state index is -3.72. The number of sulfonamides is 1. The number of carbonyl (C=O) groups is 2. The van der Waals surface area contributed by atoms with Crippen LogP contribution in [0.4, 0.5) is 5.69 Å². The molecule has 0 aromatic heterocycles. The van der Waals surface area contributed by atoms with Crippen molar-refractivity contribution in [2.24, 2.45) is 0 Å². The third-order valence-electron chi connectivity index (χ3n) is 5.39. The van der Waals surface area contributed by atoms with Crippen molar-refractivity contribution < 1.29 is 18.0 Å². The van der Waals surface area contributed by atoms with Gasteiger partial charge < -0.3 is 10.2 Å². The van der Waals surface area contributed by atoms with Crippen molar-refractivity contribution in [3.05, 3.63) is 65.2 Å². The van der Waals surface area contributed by atoms with Crippen LogP contribution in [0.2, 0.25) is 0 Å². The molecule has 0 aliphatic heterocycles. The predicted molar refractivity (Wildman–Crippen MR) is 133 cm³/mol. The van der Waals surface area contributed by atoms with E-state index < -0.39 is 22.0 Å². The number of hydrogen-bond acceptors (Lipinski definition) is 4. The molecule has 0 fully saturated rings. The van der Waals surface area contributed by atoms with Crippen LogP contribution < -0.4 is 9.62 Å². The molecule has 0 saturated heterocycles. The lowest BCUT2D eigenvalue weighted by Gasteiger charge is -2.33. The Morgan fingerprint density at radius 3 is 2.12 bits per heavy atom. The molecule has 0 saturated carbocycles. The number of carbonyl (C=O) groups excluding carboxylic acids is 2. The Labute approximate surface area is 197 Å². The molecule has 33 heavy (non-hydrogen) atoms. The highest BCUT2D eigenvalue weighted by Crippen LogP contribution is 2.22. The van der Waals surface area contributed by atoms with E-state index in [0.717, 1.165) is 27.3 Å². The van der Waals surface area contributed by atoms with Crippen molar-refractivity contribution in [1.29, 1.82) is 0 Å². The highest BCUT2D eigenvalue weighted by atomic mass is 32.2. The normalized spacial score (nSPS) is 12.2. The van der Waals surface area contributed by atoms with Crippen LogP contribution >= 0.6 is 0 Å². The summed E-state index contributed by atoms with van der Waals surface area (Å²) < 4.78 is 26.4. The van der Waals surface area contributed by atoms with Crippen LogP contribution in [0.15, 0.2) is 48.5 Å². The lowest BCUT2D eigenvalue weighted by Crippen LogP contribution is -2.53. The molecule has 0 spiro atoms. The van der Waals surface area contributed by atoms with Crippen molar-refractivity contribution in [2.45, 2.75) is 46.6 Å². The lowest BCUT2D eigenvalue weighted by atomic mass is 10.1. The largest absolute Gasteiger partial charge is 0.355 e. The van der Waals surface area contributed by atoms with E-state index in [1.807, 2.05) is 64.1 Å². The number of aryl methyl sites for hydroxylation is 2. The molecule has 1 N–H and O–H groups in total. The number of rotatable bonds is 11.